The lowest BCUT2D eigenvalue weighted by Gasteiger charge is -2.45. The number of hydrogen-bond acceptors (Lipinski definition) is 2. The second kappa shape index (κ2) is 5.89. The Balaban J connectivity index is 1.61. The first-order valence-corrected chi connectivity index (χ1v) is 12.3. The van der Waals surface area contributed by atoms with E-state index in [-0.39, 0.29) is 0 Å². The van der Waals surface area contributed by atoms with Gasteiger partial charge in [-0.15, -0.1) is 0 Å². The van der Waals surface area contributed by atoms with Crippen molar-refractivity contribution >= 4 is 8.56 Å². The maximum Gasteiger partial charge on any atom is 0.338 e. The summed E-state index contributed by atoms with van der Waals surface area (Å²) >= 11 is 0. The van der Waals surface area contributed by atoms with Crippen LogP contribution < -0.4 is 0 Å². The highest BCUT2D eigenvalue weighted by Gasteiger charge is 2.61. The van der Waals surface area contributed by atoms with Gasteiger partial charge in [0.05, 0.1) is 0 Å². The molecule has 0 aromatic rings. The minimum absolute atomic E-state index is 0.787. The fraction of sp³-hybridized carbons (Fsp3) is 1.00. The fourth-order valence-corrected chi connectivity index (χ4v) is 11.3. The summed E-state index contributed by atoms with van der Waals surface area (Å²) in [6.07, 6.45) is 10.6. The quantitative estimate of drug-likeness (QED) is 0.642. The summed E-state index contributed by atoms with van der Waals surface area (Å²) in [5.74, 6) is 6.02. The monoisotopic (exact) mass is 322 g/mol. The summed E-state index contributed by atoms with van der Waals surface area (Å²) in [4.78, 5) is 0. The summed E-state index contributed by atoms with van der Waals surface area (Å²) in [5.41, 5.74) is 0.787. The van der Waals surface area contributed by atoms with E-state index in [1.807, 2.05) is 0 Å². The molecule has 4 saturated carbocycles. The maximum absolute atomic E-state index is 6.39. The molecular formula is C19H34O2Si. The molecule has 22 heavy (non-hydrogen) atoms. The zero-order valence-electron chi connectivity index (χ0n) is 14.7. The van der Waals surface area contributed by atoms with Crippen LogP contribution in [0.25, 0.3) is 0 Å². The topological polar surface area (TPSA) is 18.5 Å². The van der Waals surface area contributed by atoms with Gasteiger partial charge in [-0.1, -0.05) is 6.42 Å². The molecule has 4 aliphatic carbocycles. The molecule has 4 rings (SSSR count). The third kappa shape index (κ3) is 2.34. The van der Waals surface area contributed by atoms with Crippen molar-refractivity contribution in [2.24, 2.45) is 35.5 Å². The number of fused-ring (bicyclic) bond motifs is 4. The van der Waals surface area contributed by atoms with Crippen molar-refractivity contribution in [3.05, 3.63) is 0 Å². The van der Waals surface area contributed by atoms with E-state index in [1.165, 1.54) is 38.5 Å². The van der Waals surface area contributed by atoms with Crippen LogP contribution in [0, 0.1) is 35.5 Å². The van der Waals surface area contributed by atoms with E-state index in [1.54, 1.807) is 6.42 Å². The molecule has 0 aromatic carbocycles. The summed E-state index contributed by atoms with van der Waals surface area (Å²) in [5, 5.41) is 0. The van der Waals surface area contributed by atoms with Crippen LogP contribution in [0.15, 0.2) is 0 Å². The lowest BCUT2D eigenvalue weighted by molar-refractivity contribution is 0.113. The molecular weight excluding hydrogens is 288 g/mol. The van der Waals surface area contributed by atoms with Gasteiger partial charge in [0.25, 0.3) is 0 Å². The molecule has 0 radical (unpaired) electrons. The van der Waals surface area contributed by atoms with Gasteiger partial charge in [0.1, 0.15) is 0 Å². The van der Waals surface area contributed by atoms with Crippen LogP contribution in [0.3, 0.4) is 0 Å². The van der Waals surface area contributed by atoms with Gasteiger partial charge in [0, 0.05) is 18.8 Å². The average molecular weight is 323 g/mol. The first-order chi connectivity index (χ1) is 10.7. The third-order valence-electron chi connectivity index (χ3n) is 7.74. The summed E-state index contributed by atoms with van der Waals surface area (Å²) in [7, 11) is -2.03. The highest BCUT2D eigenvalue weighted by molar-refractivity contribution is 6.67. The Bertz CT molecular complexity index is 406. The predicted octanol–water partition coefficient (Wildman–Crippen LogP) is 4.98. The van der Waals surface area contributed by atoms with Gasteiger partial charge in [-0.25, -0.2) is 0 Å². The smallest absolute Gasteiger partial charge is 0.338 e. The van der Waals surface area contributed by atoms with Crippen LogP contribution in [-0.2, 0) is 8.85 Å². The zero-order valence-corrected chi connectivity index (χ0v) is 15.7. The SMILES string of the molecule is CCO[Si](C)(OCC)C1C2CCC(C2)C1C1CC2CCC1C2. The Labute approximate surface area is 137 Å². The highest BCUT2D eigenvalue weighted by Crippen LogP contribution is 2.66. The van der Waals surface area contributed by atoms with Gasteiger partial charge >= 0.3 is 8.56 Å². The van der Waals surface area contributed by atoms with Crippen LogP contribution in [0.2, 0.25) is 12.1 Å². The van der Waals surface area contributed by atoms with E-state index in [2.05, 4.69) is 20.4 Å². The number of rotatable bonds is 6. The minimum atomic E-state index is -2.03. The maximum atomic E-state index is 6.39. The van der Waals surface area contributed by atoms with Crippen LogP contribution in [0.1, 0.15) is 58.8 Å². The summed E-state index contributed by atoms with van der Waals surface area (Å²) in [6.45, 7) is 8.37. The minimum Gasteiger partial charge on any atom is -0.394 e. The van der Waals surface area contributed by atoms with Crippen molar-refractivity contribution in [1.82, 2.24) is 0 Å². The lowest BCUT2D eigenvalue weighted by atomic mass is 9.72. The Morgan fingerprint density at radius 2 is 1.50 bits per heavy atom. The third-order valence-corrected chi connectivity index (χ3v) is 11.5. The van der Waals surface area contributed by atoms with Crippen molar-refractivity contribution in [3.8, 4) is 0 Å². The second-order valence-corrected chi connectivity index (χ2v) is 11.9. The van der Waals surface area contributed by atoms with Gasteiger partial charge in [-0.3, -0.25) is 0 Å². The lowest BCUT2D eigenvalue weighted by Crippen LogP contribution is -2.50. The first kappa shape index (κ1) is 15.7. The molecule has 2 nitrogen and oxygen atoms in total. The Morgan fingerprint density at radius 3 is 2.09 bits per heavy atom. The molecule has 0 N–H and O–H groups in total. The second-order valence-electron chi connectivity index (χ2n) is 8.66. The molecule has 4 bridgehead atoms. The van der Waals surface area contributed by atoms with Gasteiger partial charge in [-0.2, -0.15) is 0 Å². The molecule has 0 heterocycles. The van der Waals surface area contributed by atoms with E-state index >= 15 is 0 Å². The van der Waals surface area contributed by atoms with Crippen LogP contribution in [0.4, 0.5) is 0 Å². The molecule has 0 aromatic heterocycles. The highest BCUT2D eigenvalue weighted by atomic mass is 28.4. The largest absolute Gasteiger partial charge is 0.394 e. The van der Waals surface area contributed by atoms with Crippen molar-refractivity contribution in [3.63, 3.8) is 0 Å². The standard InChI is InChI=1S/C19H34O2Si/c1-4-20-22(3,21-5-2)19-16-9-8-15(12-16)18(19)17-11-13-6-7-14(17)10-13/h13-19H,4-12H2,1-3H3. The molecule has 0 saturated heterocycles. The Hall–Kier alpha value is 0.137. The van der Waals surface area contributed by atoms with E-state index in [4.69, 9.17) is 8.85 Å². The van der Waals surface area contributed by atoms with Gasteiger partial charge < -0.3 is 8.85 Å². The van der Waals surface area contributed by atoms with Gasteiger partial charge in [0.15, 0.2) is 0 Å². The van der Waals surface area contributed by atoms with E-state index in [9.17, 15) is 0 Å². The molecule has 4 fully saturated rings. The van der Waals surface area contributed by atoms with Gasteiger partial charge in [-0.05, 0) is 94.4 Å². The van der Waals surface area contributed by atoms with Crippen molar-refractivity contribution < 1.29 is 8.85 Å². The predicted molar refractivity (Wildman–Crippen MR) is 91.9 cm³/mol. The fourth-order valence-electron chi connectivity index (χ4n) is 7.30. The van der Waals surface area contributed by atoms with E-state index in [0.717, 1.165) is 54.3 Å². The van der Waals surface area contributed by atoms with Crippen LogP contribution in [-0.4, -0.2) is 21.8 Å². The molecule has 7 unspecified atom stereocenters. The van der Waals surface area contributed by atoms with Crippen molar-refractivity contribution in [1.29, 1.82) is 0 Å². The molecule has 7 atom stereocenters. The van der Waals surface area contributed by atoms with E-state index < -0.39 is 8.56 Å². The van der Waals surface area contributed by atoms with Crippen molar-refractivity contribution in [2.75, 3.05) is 13.2 Å². The van der Waals surface area contributed by atoms with Crippen molar-refractivity contribution in [2.45, 2.75) is 70.9 Å². The Kier molecular flexibility index (Phi) is 4.19. The average Bonchev–Trinajstić information content (AvgIpc) is 3.26. The molecule has 3 heteroatoms. The summed E-state index contributed by atoms with van der Waals surface area (Å²) < 4.78 is 12.8. The number of hydrogen-bond donors (Lipinski definition) is 0. The Morgan fingerprint density at radius 1 is 0.818 bits per heavy atom. The van der Waals surface area contributed by atoms with Crippen LogP contribution >= 0.6 is 0 Å². The summed E-state index contributed by atoms with van der Waals surface area (Å²) in [6, 6.07) is 0. The first-order valence-electron chi connectivity index (χ1n) is 9.94. The van der Waals surface area contributed by atoms with E-state index in [0.29, 0.717) is 0 Å². The normalized spacial score (nSPS) is 46.8. The zero-order chi connectivity index (χ0) is 15.3. The molecule has 0 aliphatic heterocycles. The molecule has 0 amide bonds. The molecule has 126 valence electrons. The van der Waals surface area contributed by atoms with Crippen LogP contribution in [0.5, 0.6) is 0 Å². The van der Waals surface area contributed by atoms with Gasteiger partial charge in [0.2, 0.25) is 0 Å². The molecule has 4 aliphatic rings. The molecule has 0 spiro atoms.